The predicted molar refractivity (Wildman–Crippen MR) is 181 cm³/mol. The Labute approximate surface area is 268 Å². The number of hydrogen-bond acceptors (Lipinski definition) is 5. The number of Topliss-reactive ketones (excluding diaryl/α,β-unsaturated/α-hetero) is 1. The maximum absolute atomic E-state index is 14.7. The number of esters is 1. The number of rotatable bonds is 5. The molecule has 10 atom stereocenters. The van der Waals surface area contributed by atoms with E-state index in [1.807, 2.05) is 13.8 Å². The molecular weight excluding hydrogens is 569 g/mol. The van der Waals surface area contributed by atoms with E-state index >= 15 is 0 Å². The topological polar surface area (TPSA) is 61.8 Å². The SMILES string of the molecule is [2H]C1([2H])C(=O)O[C@H](CC)CCC[C@@H](O[Si](C)(C)C(C)(C)C)[C@H](C)C(=O)[C@H]2C[C@@H]3[C@@H](C=C[C@@H]4C[C@@H](O[Si](C)(C)C(C)(C)C)C[C@@H]34)[C@@H]21. The minimum atomic E-state index is -2.26. The smallest absolute Gasteiger partial charge is 0.306 e. The van der Waals surface area contributed by atoms with Crippen LogP contribution in [-0.2, 0) is 23.2 Å². The summed E-state index contributed by atoms with van der Waals surface area (Å²) in [5.41, 5.74) is 0. The highest BCUT2D eigenvalue weighted by Crippen LogP contribution is 2.57. The molecule has 5 nitrogen and oxygen atoms in total. The van der Waals surface area contributed by atoms with Gasteiger partial charge < -0.3 is 13.6 Å². The van der Waals surface area contributed by atoms with Crippen LogP contribution in [0.5, 0.6) is 0 Å². The van der Waals surface area contributed by atoms with Crippen LogP contribution in [-0.4, -0.2) is 46.7 Å². The van der Waals surface area contributed by atoms with Crippen LogP contribution < -0.4 is 0 Å². The molecule has 1 heterocycles. The van der Waals surface area contributed by atoms with Crippen LogP contribution in [0.25, 0.3) is 0 Å². The molecule has 0 aromatic rings. The maximum Gasteiger partial charge on any atom is 0.306 e. The monoisotopic (exact) mass is 634 g/mol. The number of ketones is 1. The second-order valence-corrected chi connectivity index (χ2v) is 26.9. The van der Waals surface area contributed by atoms with E-state index in [1.165, 1.54) is 0 Å². The minimum Gasteiger partial charge on any atom is -0.462 e. The summed E-state index contributed by atoms with van der Waals surface area (Å²) < 4.78 is 38.4. The van der Waals surface area contributed by atoms with Gasteiger partial charge in [0, 0.05) is 27.1 Å². The summed E-state index contributed by atoms with van der Waals surface area (Å²) >= 11 is 0. The zero-order valence-corrected chi connectivity index (χ0v) is 31.4. The Morgan fingerprint density at radius 2 is 1.51 bits per heavy atom. The summed E-state index contributed by atoms with van der Waals surface area (Å²) in [6.45, 7) is 26.6. The van der Waals surface area contributed by atoms with Gasteiger partial charge in [0.25, 0.3) is 0 Å². The van der Waals surface area contributed by atoms with Crippen LogP contribution in [0.2, 0.25) is 36.3 Å². The van der Waals surface area contributed by atoms with Crippen molar-refractivity contribution in [3.8, 4) is 0 Å². The van der Waals surface area contributed by atoms with Gasteiger partial charge in [-0.25, -0.2) is 0 Å². The van der Waals surface area contributed by atoms with Gasteiger partial charge in [-0.3, -0.25) is 9.59 Å². The molecule has 0 spiro atoms. The van der Waals surface area contributed by atoms with E-state index in [-0.39, 0.29) is 51.9 Å². The fraction of sp³-hybridized carbons (Fsp3) is 0.889. The molecule has 7 heteroatoms. The number of hydrogen-bond donors (Lipinski definition) is 0. The van der Waals surface area contributed by atoms with Crippen LogP contribution in [0.1, 0.15) is 109 Å². The lowest BCUT2D eigenvalue weighted by molar-refractivity contribution is -0.152. The van der Waals surface area contributed by atoms with Crippen molar-refractivity contribution in [3.05, 3.63) is 12.2 Å². The second kappa shape index (κ2) is 12.8. The Kier molecular flexibility index (Phi) is 9.58. The molecule has 1 aliphatic heterocycles. The van der Waals surface area contributed by atoms with E-state index in [1.54, 1.807) is 0 Å². The average Bonchev–Trinajstić information content (AvgIpc) is 3.50. The summed E-state index contributed by atoms with van der Waals surface area (Å²) in [6.07, 6.45) is 7.14. The average molecular weight is 635 g/mol. The van der Waals surface area contributed by atoms with Gasteiger partial charge in [-0.1, -0.05) is 67.5 Å². The Morgan fingerprint density at radius 1 is 0.884 bits per heavy atom. The van der Waals surface area contributed by atoms with Crippen LogP contribution in [0, 0.1) is 41.4 Å². The zero-order valence-electron chi connectivity index (χ0n) is 31.4. The predicted octanol–water partition coefficient (Wildman–Crippen LogP) is 9.33. The summed E-state index contributed by atoms with van der Waals surface area (Å²) in [4.78, 5) is 28.3. The number of fused-ring (bicyclic) bond motifs is 5. The molecule has 0 aromatic carbocycles. The van der Waals surface area contributed by atoms with E-state index in [9.17, 15) is 12.3 Å². The van der Waals surface area contributed by atoms with Crippen LogP contribution in [0.3, 0.4) is 0 Å². The van der Waals surface area contributed by atoms with Crippen molar-refractivity contribution in [2.75, 3.05) is 0 Å². The third-order valence-corrected chi connectivity index (χ3v) is 21.6. The normalized spacial score (nSPS) is 39.9. The Bertz CT molecular complexity index is 1120. The van der Waals surface area contributed by atoms with Crippen LogP contribution in [0.4, 0.5) is 0 Å². The van der Waals surface area contributed by atoms with Gasteiger partial charge in [0.05, 0.1) is 6.10 Å². The quantitative estimate of drug-likeness (QED) is 0.171. The van der Waals surface area contributed by atoms with Gasteiger partial charge in [-0.05, 0) is 111 Å². The summed E-state index contributed by atoms with van der Waals surface area (Å²) in [5, 5.41) is 0.138. The Morgan fingerprint density at radius 3 is 2.12 bits per heavy atom. The van der Waals surface area contributed by atoms with Crippen molar-refractivity contribution in [1.29, 1.82) is 0 Å². The molecule has 3 fully saturated rings. The van der Waals surface area contributed by atoms with E-state index in [4.69, 9.17) is 13.6 Å². The first kappa shape index (κ1) is 32.2. The Balaban J connectivity index is 1.69. The van der Waals surface area contributed by atoms with Crippen molar-refractivity contribution in [1.82, 2.24) is 0 Å². The van der Waals surface area contributed by atoms with Crippen LogP contribution >= 0.6 is 0 Å². The highest BCUT2D eigenvalue weighted by Gasteiger charge is 2.55. The van der Waals surface area contributed by atoms with Crippen molar-refractivity contribution >= 4 is 28.4 Å². The summed E-state index contributed by atoms with van der Waals surface area (Å²) in [7, 11) is -4.12. The molecule has 0 bridgehead atoms. The van der Waals surface area contributed by atoms with Gasteiger partial charge in [-0.2, -0.15) is 0 Å². The van der Waals surface area contributed by atoms with E-state index in [2.05, 4.69) is 79.9 Å². The molecule has 0 amide bonds. The lowest BCUT2D eigenvalue weighted by atomic mass is 9.71. The van der Waals surface area contributed by atoms with Gasteiger partial charge in [0.15, 0.2) is 16.6 Å². The zero-order chi connectivity index (χ0) is 33.9. The fourth-order valence-electron chi connectivity index (χ4n) is 7.77. The second-order valence-electron chi connectivity index (χ2n) is 17.4. The van der Waals surface area contributed by atoms with Crippen molar-refractivity contribution in [2.45, 2.75) is 161 Å². The third-order valence-electron chi connectivity index (χ3n) is 12.5. The first-order chi connectivity index (χ1) is 20.5. The molecular formula is C36H64O5Si2. The standard InChI is InChI=1S/C36H64O5Si2/c1-13-25-15-14-16-32(41-43(11,12)36(6,7)8)23(2)34(38)31-21-29-27(30(31)22-33(37)39-25)18-17-24-19-26(20-28(24)29)40-42(9,10)35(3,4)5/h17-18,23-32H,13-16,19-22H2,1-12H3/t23-,24+,25+,26+,27+,28+,29+,30-,31-,32+/m0/s1/i22D2. The largest absolute Gasteiger partial charge is 0.462 e. The molecule has 1 saturated heterocycles. The first-order valence-corrected chi connectivity index (χ1v) is 23.1. The summed E-state index contributed by atoms with van der Waals surface area (Å²) in [5.74, 6) is -1.71. The number of carbonyl (C=O) groups is 2. The van der Waals surface area contributed by atoms with Gasteiger partial charge in [0.1, 0.15) is 11.9 Å². The minimum absolute atomic E-state index is 0.00852. The third kappa shape index (κ3) is 7.46. The molecule has 0 unspecified atom stereocenters. The molecule has 4 aliphatic rings. The molecule has 0 N–H and O–H groups in total. The molecule has 0 aromatic heterocycles. The highest BCUT2D eigenvalue weighted by molar-refractivity contribution is 6.74. The van der Waals surface area contributed by atoms with E-state index in [0.717, 1.165) is 25.7 Å². The Hall–Kier alpha value is -0.766. The number of cyclic esters (lactones) is 1. The lowest BCUT2D eigenvalue weighted by Gasteiger charge is -2.41. The first-order valence-electron chi connectivity index (χ1n) is 18.3. The van der Waals surface area contributed by atoms with E-state index < -0.39 is 40.8 Å². The van der Waals surface area contributed by atoms with Crippen molar-refractivity contribution in [2.24, 2.45) is 41.4 Å². The molecule has 3 aliphatic carbocycles. The molecule has 2 saturated carbocycles. The van der Waals surface area contributed by atoms with Crippen molar-refractivity contribution in [3.63, 3.8) is 0 Å². The molecule has 246 valence electrons. The van der Waals surface area contributed by atoms with Gasteiger partial charge >= 0.3 is 5.97 Å². The maximum atomic E-state index is 14.7. The highest BCUT2D eigenvalue weighted by atomic mass is 28.4. The molecule has 43 heavy (non-hydrogen) atoms. The number of ether oxygens (including phenoxy) is 1. The molecule has 4 rings (SSSR count). The lowest BCUT2D eigenvalue weighted by Crippen LogP contribution is -2.47. The van der Waals surface area contributed by atoms with E-state index in [0.29, 0.717) is 31.1 Å². The van der Waals surface area contributed by atoms with Crippen LogP contribution in [0.15, 0.2) is 12.2 Å². The summed E-state index contributed by atoms with van der Waals surface area (Å²) in [6, 6.07) is 0. The number of allylic oxidation sites excluding steroid dienone is 2. The van der Waals surface area contributed by atoms with Gasteiger partial charge in [0.2, 0.25) is 0 Å². The number of carbonyl (C=O) groups excluding carboxylic acids is 2. The fourth-order valence-corrected chi connectivity index (χ4v) is 10.6. The van der Waals surface area contributed by atoms with Crippen molar-refractivity contribution < 1.29 is 25.9 Å². The van der Waals surface area contributed by atoms with Gasteiger partial charge in [-0.15, -0.1) is 0 Å². The molecule has 0 radical (unpaired) electrons.